The van der Waals surface area contributed by atoms with Crippen LogP contribution in [0.25, 0.3) is 6.08 Å². The van der Waals surface area contributed by atoms with Crippen LogP contribution < -0.4 is 10.1 Å². The highest BCUT2D eigenvalue weighted by Gasteiger charge is 2.38. The van der Waals surface area contributed by atoms with Gasteiger partial charge in [-0.3, -0.25) is 10.1 Å². The molecule has 1 aliphatic rings. The number of nitrogens with one attached hydrogen (secondary N) is 1. The van der Waals surface area contributed by atoms with E-state index in [4.69, 9.17) is 18.9 Å². The second-order valence-corrected chi connectivity index (χ2v) is 8.69. The van der Waals surface area contributed by atoms with E-state index in [0.29, 0.717) is 29.3 Å². The summed E-state index contributed by atoms with van der Waals surface area (Å²) in [6.45, 7) is 7.60. The van der Waals surface area contributed by atoms with Crippen LogP contribution in [0.3, 0.4) is 0 Å². The summed E-state index contributed by atoms with van der Waals surface area (Å²) in [7, 11) is 1.24. The van der Waals surface area contributed by atoms with E-state index >= 15 is 0 Å². The lowest BCUT2D eigenvalue weighted by Crippen LogP contribution is -2.32. The number of non-ortho nitro benzene ring substituents is 1. The zero-order valence-corrected chi connectivity index (χ0v) is 22.6. The molecule has 0 aliphatic carbocycles. The normalized spacial score (nSPS) is 16.1. The largest absolute Gasteiger partial charge is 0.466 e. The average Bonchev–Trinajstić information content (AvgIpc) is 2.91. The second-order valence-electron chi connectivity index (χ2n) is 8.69. The van der Waals surface area contributed by atoms with Gasteiger partial charge in [0, 0.05) is 30.1 Å². The van der Waals surface area contributed by atoms with Gasteiger partial charge in [-0.1, -0.05) is 30.3 Å². The fourth-order valence-electron chi connectivity index (χ4n) is 4.30. The van der Waals surface area contributed by atoms with Crippen molar-refractivity contribution in [2.45, 2.75) is 39.9 Å². The molecule has 0 bridgehead atoms. The molecule has 0 spiro atoms. The van der Waals surface area contributed by atoms with E-state index in [1.807, 2.05) is 38.1 Å². The zero-order chi connectivity index (χ0) is 28.5. The number of esters is 2. The summed E-state index contributed by atoms with van der Waals surface area (Å²) in [5.41, 5.74) is 2.40. The third-order valence-electron chi connectivity index (χ3n) is 6.00. The average molecular weight is 537 g/mol. The molecule has 0 aromatic heterocycles. The fourth-order valence-corrected chi connectivity index (χ4v) is 4.30. The van der Waals surface area contributed by atoms with Crippen LogP contribution >= 0.6 is 0 Å². The molecule has 2 unspecified atom stereocenters. The molecule has 0 saturated carbocycles. The van der Waals surface area contributed by atoms with E-state index in [2.05, 4.69) is 5.32 Å². The molecule has 10 nitrogen and oxygen atoms in total. The highest BCUT2D eigenvalue weighted by Crippen LogP contribution is 2.40. The van der Waals surface area contributed by atoms with Gasteiger partial charge >= 0.3 is 11.9 Å². The molecule has 1 N–H and O–H groups in total. The SMILES string of the molecule is CCOC(C)Oc1ccc(/C=C/COC(=O)C2=C(C)NC(C)=C(C(=O)OC)C2c2cccc([N+](=O)[O-])c2)cc1. The summed E-state index contributed by atoms with van der Waals surface area (Å²) in [6.07, 6.45) is 3.13. The van der Waals surface area contributed by atoms with E-state index in [1.165, 1.54) is 25.3 Å². The minimum atomic E-state index is -0.915. The van der Waals surface area contributed by atoms with Gasteiger partial charge < -0.3 is 24.3 Å². The number of nitro benzene ring substituents is 1. The minimum absolute atomic E-state index is 0.0346. The van der Waals surface area contributed by atoms with Gasteiger partial charge in [-0.15, -0.1) is 0 Å². The molecule has 39 heavy (non-hydrogen) atoms. The van der Waals surface area contributed by atoms with Crippen LogP contribution in [0.4, 0.5) is 5.69 Å². The van der Waals surface area contributed by atoms with Gasteiger partial charge in [-0.05, 0) is 57.0 Å². The van der Waals surface area contributed by atoms with Crippen molar-refractivity contribution in [3.63, 3.8) is 0 Å². The third-order valence-corrected chi connectivity index (χ3v) is 6.00. The molecule has 3 rings (SSSR count). The highest BCUT2D eigenvalue weighted by molar-refractivity contribution is 6.00. The maximum Gasteiger partial charge on any atom is 0.337 e. The fraction of sp³-hybridized carbons (Fsp3) is 0.310. The molecule has 206 valence electrons. The predicted octanol–water partition coefficient (Wildman–Crippen LogP) is 5.02. The molecule has 2 aromatic carbocycles. The Kier molecular flexibility index (Phi) is 9.99. The van der Waals surface area contributed by atoms with Crippen molar-refractivity contribution < 1.29 is 33.5 Å². The number of hydrogen-bond donors (Lipinski definition) is 1. The monoisotopic (exact) mass is 536 g/mol. The highest BCUT2D eigenvalue weighted by atomic mass is 16.7. The van der Waals surface area contributed by atoms with Crippen LogP contribution in [0.5, 0.6) is 5.75 Å². The number of benzene rings is 2. The molecular formula is C29H32N2O8. The molecule has 2 aromatic rings. The van der Waals surface area contributed by atoms with E-state index < -0.39 is 22.8 Å². The van der Waals surface area contributed by atoms with E-state index in [-0.39, 0.29) is 29.7 Å². The van der Waals surface area contributed by atoms with Gasteiger partial charge in [0.25, 0.3) is 5.69 Å². The molecule has 10 heteroatoms. The van der Waals surface area contributed by atoms with Gasteiger partial charge in [0.15, 0.2) is 6.29 Å². The van der Waals surface area contributed by atoms with Crippen LogP contribution in [0.1, 0.15) is 44.7 Å². The molecular weight excluding hydrogens is 504 g/mol. The van der Waals surface area contributed by atoms with Crippen molar-refractivity contribution in [3.05, 3.63) is 98.4 Å². The topological polar surface area (TPSA) is 126 Å². The summed E-state index contributed by atoms with van der Waals surface area (Å²) in [5.74, 6) is -1.56. The van der Waals surface area contributed by atoms with Crippen molar-refractivity contribution >= 4 is 23.7 Å². The van der Waals surface area contributed by atoms with Crippen molar-refractivity contribution in [3.8, 4) is 5.75 Å². The lowest BCUT2D eigenvalue weighted by atomic mass is 9.80. The quantitative estimate of drug-likeness (QED) is 0.182. The zero-order valence-electron chi connectivity index (χ0n) is 22.6. The van der Waals surface area contributed by atoms with Crippen LogP contribution in [0.15, 0.2) is 77.1 Å². The number of nitrogens with zero attached hydrogens (tertiary/aromatic N) is 1. The number of methoxy groups -OCH3 is 1. The first kappa shape index (κ1) is 29.1. The Balaban J connectivity index is 1.78. The number of rotatable bonds is 11. The van der Waals surface area contributed by atoms with Gasteiger partial charge in [0.05, 0.1) is 29.1 Å². The summed E-state index contributed by atoms with van der Waals surface area (Å²) in [5, 5.41) is 14.4. The molecule has 0 saturated heterocycles. The number of carbonyl (C=O) groups is 2. The van der Waals surface area contributed by atoms with Crippen molar-refractivity contribution in [2.75, 3.05) is 20.3 Å². The Morgan fingerprint density at radius 2 is 1.74 bits per heavy atom. The predicted molar refractivity (Wildman–Crippen MR) is 145 cm³/mol. The summed E-state index contributed by atoms with van der Waals surface area (Å²) in [6, 6.07) is 13.2. The Hall–Kier alpha value is -4.44. The Morgan fingerprint density at radius 1 is 1.08 bits per heavy atom. The Labute approximate surface area is 227 Å². The number of allylic oxidation sites excluding steroid dienone is 2. The van der Waals surface area contributed by atoms with Gasteiger partial charge in [-0.2, -0.15) is 0 Å². The number of nitro groups is 1. The van der Waals surface area contributed by atoms with Crippen molar-refractivity contribution in [1.29, 1.82) is 0 Å². The molecule has 0 amide bonds. The number of hydrogen-bond acceptors (Lipinski definition) is 9. The standard InChI is InChI=1S/C29H32N2O8/c1-6-37-20(4)39-24-14-12-21(13-15-24)9-8-16-38-29(33)26-19(3)30-18(2)25(28(32)36-5)27(26)22-10-7-11-23(17-22)31(34)35/h7-15,17,20,27,30H,6,16H2,1-5H3/b9-8+. The van der Waals surface area contributed by atoms with Gasteiger partial charge in [0.1, 0.15) is 12.4 Å². The van der Waals surface area contributed by atoms with E-state index in [1.54, 1.807) is 32.1 Å². The Morgan fingerprint density at radius 3 is 2.36 bits per heavy atom. The molecule has 0 radical (unpaired) electrons. The molecule has 0 fully saturated rings. The van der Waals surface area contributed by atoms with Crippen LogP contribution in [-0.2, 0) is 23.8 Å². The summed E-state index contributed by atoms with van der Waals surface area (Å²) in [4.78, 5) is 36.9. The third kappa shape index (κ3) is 7.32. The van der Waals surface area contributed by atoms with Gasteiger partial charge in [-0.25, -0.2) is 9.59 Å². The van der Waals surface area contributed by atoms with Crippen molar-refractivity contribution in [1.82, 2.24) is 5.32 Å². The molecule has 2 atom stereocenters. The second kappa shape index (κ2) is 13.4. The van der Waals surface area contributed by atoms with Crippen LogP contribution in [0, 0.1) is 10.1 Å². The summed E-state index contributed by atoms with van der Waals surface area (Å²) >= 11 is 0. The minimum Gasteiger partial charge on any atom is -0.466 e. The van der Waals surface area contributed by atoms with Gasteiger partial charge in [0.2, 0.25) is 0 Å². The molecule has 1 heterocycles. The number of ether oxygens (including phenoxy) is 4. The first-order valence-electron chi connectivity index (χ1n) is 12.4. The maximum absolute atomic E-state index is 13.3. The first-order chi connectivity index (χ1) is 18.7. The van der Waals surface area contributed by atoms with E-state index in [9.17, 15) is 19.7 Å². The number of dihydropyridines is 1. The van der Waals surface area contributed by atoms with Crippen LogP contribution in [0.2, 0.25) is 0 Å². The maximum atomic E-state index is 13.3. The lowest BCUT2D eigenvalue weighted by molar-refractivity contribution is -0.384. The smallest absolute Gasteiger partial charge is 0.337 e. The summed E-state index contributed by atoms with van der Waals surface area (Å²) < 4.78 is 21.5. The van der Waals surface area contributed by atoms with Crippen LogP contribution in [-0.4, -0.2) is 43.5 Å². The lowest BCUT2D eigenvalue weighted by Gasteiger charge is -2.30. The molecule has 1 aliphatic heterocycles. The first-order valence-corrected chi connectivity index (χ1v) is 12.4. The van der Waals surface area contributed by atoms with Crippen molar-refractivity contribution in [2.24, 2.45) is 0 Å². The number of carbonyl (C=O) groups excluding carboxylic acids is 2. The Bertz CT molecular complexity index is 1310. The van der Waals surface area contributed by atoms with E-state index in [0.717, 1.165) is 5.56 Å².